The van der Waals surface area contributed by atoms with Gasteiger partial charge in [-0.2, -0.15) is 5.10 Å². The minimum atomic E-state index is -1.13. The lowest BCUT2D eigenvalue weighted by molar-refractivity contribution is 0.0560. The summed E-state index contributed by atoms with van der Waals surface area (Å²) in [5.74, 6) is -0.296. The topological polar surface area (TPSA) is 38.0 Å². The number of aromatic nitrogens is 2. The van der Waals surface area contributed by atoms with E-state index in [1.54, 1.807) is 26.0 Å². The molecule has 20 heavy (non-hydrogen) atoms. The average molecular weight is 276 g/mol. The van der Waals surface area contributed by atoms with Crippen LogP contribution >= 0.6 is 0 Å². The van der Waals surface area contributed by atoms with Crippen molar-refractivity contribution in [3.63, 3.8) is 0 Å². The third kappa shape index (κ3) is 3.07. The number of halogens is 1. The first-order valence-electron chi connectivity index (χ1n) is 6.82. The van der Waals surface area contributed by atoms with Crippen molar-refractivity contribution in [2.75, 3.05) is 0 Å². The molecule has 0 aliphatic carbocycles. The maximum Gasteiger partial charge on any atom is 0.126 e. The first-order chi connectivity index (χ1) is 9.29. The third-order valence-electron chi connectivity index (χ3n) is 3.51. The van der Waals surface area contributed by atoms with Crippen molar-refractivity contribution in [2.45, 2.75) is 45.8 Å². The molecule has 1 N–H and O–H groups in total. The lowest BCUT2D eigenvalue weighted by atomic mass is 9.90. The van der Waals surface area contributed by atoms with Gasteiger partial charge >= 0.3 is 0 Å². The Morgan fingerprint density at radius 1 is 1.35 bits per heavy atom. The van der Waals surface area contributed by atoms with Crippen LogP contribution in [0, 0.1) is 12.7 Å². The fourth-order valence-electron chi connectivity index (χ4n) is 2.14. The van der Waals surface area contributed by atoms with Crippen LogP contribution in [-0.2, 0) is 12.0 Å². The zero-order valence-electron chi connectivity index (χ0n) is 12.4. The average Bonchev–Trinajstić information content (AvgIpc) is 2.80. The lowest BCUT2D eigenvalue weighted by Crippen LogP contribution is -2.25. The van der Waals surface area contributed by atoms with Crippen LogP contribution in [0.1, 0.15) is 43.6 Å². The van der Waals surface area contributed by atoms with E-state index in [1.165, 1.54) is 6.07 Å². The summed E-state index contributed by atoms with van der Waals surface area (Å²) in [5.41, 5.74) is 0.808. The molecule has 0 radical (unpaired) electrons. The summed E-state index contributed by atoms with van der Waals surface area (Å²) in [7, 11) is 0. The van der Waals surface area contributed by atoms with Crippen molar-refractivity contribution < 1.29 is 9.50 Å². The Morgan fingerprint density at radius 3 is 2.60 bits per heavy atom. The van der Waals surface area contributed by atoms with E-state index in [2.05, 4.69) is 5.10 Å². The fraction of sp³-hybridized carbons (Fsp3) is 0.438. The van der Waals surface area contributed by atoms with Crippen molar-refractivity contribution in [2.24, 2.45) is 0 Å². The van der Waals surface area contributed by atoms with E-state index < -0.39 is 5.60 Å². The SMILES string of the molecule is Cc1ccc(C(C)(O)Cc2ccn(C(C)C)n2)cc1F. The Balaban J connectivity index is 2.22. The Bertz CT molecular complexity index is 602. The Hall–Kier alpha value is -1.68. The Labute approximate surface area is 119 Å². The molecule has 2 aromatic rings. The van der Waals surface area contributed by atoms with Gasteiger partial charge in [-0.05, 0) is 51.0 Å². The predicted molar refractivity (Wildman–Crippen MR) is 77.0 cm³/mol. The molecule has 1 aromatic heterocycles. The van der Waals surface area contributed by atoms with Gasteiger partial charge < -0.3 is 5.11 Å². The Kier molecular flexibility index (Phi) is 3.95. The highest BCUT2D eigenvalue weighted by Gasteiger charge is 2.25. The largest absolute Gasteiger partial charge is 0.385 e. The van der Waals surface area contributed by atoms with Crippen molar-refractivity contribution in [3.05, 3.63) is 53.1 Å². The molecule has 1 unspecified atom stereocenters. The number of hydrogen-bond acceptors (Lipinski definition) is 2. The van der Waals surface area contributed by atoms with E-state index in [0.29, 0.717) is 17.5 Å². The van der Waals surface area contributed by atoms with Gasteiger partial charge in [-0.25, -0.2) is 4.39 Å². The monoisotopic (exact) mass is 276 g/mol. The highest BCUT2D eigenvalue weighted by atomic mass is 19.1. The second-order valence-corrected chi connectivity index (χ2v) is 5.80. The van der Waals surface area contributed by atoms with Crippen molar-refractivity contribution in [1.29, 1.82) is 0 Å². The van der Waals surface area contributed by atoms with Gasteiger partial charge in [0.15, 0.2) is 0 Å². The second kappa shape index (κ2) is 5.37. The van der Waals surface area contributed by atoms with Gasteiger partial charge in [0.25, 0.3) is 0 Å². The normalized spacial score (nSPS) is 14.6. The summed E-state index contributed by atoms with van der Waals surface area (Å²) in [6.07, 6.45) is 2.25. The summed E-state index contributed by atoms with van der Waals surface area (Å²) < 4.78 is 15.5. The van der Waals surface area contributed by atoms with E-state index in [-0.39, 0.29) is 11.9 Å². The molecule has 0 fully saturated rings. The van der Waals surface area contributed by atoms with Crippen molar-refractivity contribution in [1.82, 2.24) is 9.78 Å². The van der Waals surface area contributed by atoms with Gasteiger partial charge in [-0.1, -0.05) is 12.1 Å². The number of aliphatic hydroxyl groups is 1. The molecule has 0 aliphatic heterocycles. The summed E-state index contributed by atoms with van der Waals surface area (Å²) >= 11 is 0. The van der Waals surface area contributed by atoms with Gasteiger partial charge in [0, 0.05) is 18.7 Å². The number of nitrogens with zero attached hydrogens (tertiary/aromatic N) is 2. The van der Waals surface area contributed by atoms with Gasteiger partial charge in [-0.15, -0.1) is 0 Å². The minimum absolute atomic E-state index is 0.283. The van der Waals surface area contributed by atoms with Crippen LogP contribution < -0.4 is 0 Å². The van der Waals surface area contributed by atoms with Gasteiger partial charge in [-0.3, -0.25) is 4.68 Å². The standard InChI is InChI=1S/C16H21FN2O/c1-11(2)19-8-7-14(18-19)10-16(4,20)13-6-5-12(3)15(17)9-13/h5-9,11,20H,10H2,1-4H3. The molecule has 0 saturated carbocycles. The summed E-state index contributed by atoms with van der Waals surface area (Å²) in [6.45, 7) is 7.48. The highest BCUT2D eigenvalue weighted by molar-refractivity contribution is 5.28. The molecular formula is C16H21FN2O. The molecule has 1 heterocycles. The molecule has 1 aromatic carbocycles. The number of benzene rings is 1. The van der Waals surface area contributed by atoms with E-state index in [4.69, 9.17) is 0 Å². The third-order valence-corrected chi connectivity index (χ3v) is 3.51. The van der Waals surface area contributed by atoms with E-state index in [0.717, 1.165) is 5.69 Å². The first-order valence-corrected chi connectivity index (χ1v) is 6.82. The molecule has 0 saturated heterocycles. The molecule has 3 nitrogen and oxygen atoms in total. The van der Waals surface area contributed by atoms with Crippen LogP contribution in [0.25, 0.3) is 0 Å². The maximum absolute atomic E-state index is 13.6. The zero-order chi connectivity index (χ0) is 14.9. The lowest BCUT2D eigenvalue weighted by Gasteiger charge is -2.23. The van der Waals surface area contributed by atoms with Crippen LogP contribution in [0.15, 0.2) is 30.5 Å². The fourth-order valence-corrected chi connectivity index (χ4v) is 2.14. The molecular weight excluding hydrogens is 255 g/mol. The summed E-state index contributed by atoms with van der Waals surface area (Å²) in [6, 6.07) is 7.02. The van der Waals surface area contributed by atoms with Crippen molar-refractivity contribution in [3.8, 4) is 0 Å². The van der Waals surface area contributed by atoms with E-state index in [9.17, 15) is 9.50 Å². The maximum atomic E-state index is 13.6. The first kappa shape index (κ1) is 14.7. The molecule has 4 heteroatoms. The molecule has 0 bridgehead atoms. The van der Waals surface area contributed by atoms with Crippen LogP contribution in [0.3, 0.4) is 0 Å². The Morgan fingerprint density at radius 2 is 2.05 bits per heavy atom. The number of hydrogen-bond donors (Lipinski definition) is 1. The second-order valence-electron chi connectivity index (χ2n) is 5.80. The highest BCUT2D eigenvalue weighted by Crippen LogP contribution is 2.26. The molecule has 1 atom stereocenters. The van der Waals surface area contributed by atoms with E-state index >= 15 is 0 Å². The number of rotatable bonds is 4. The zero-order valence-corrected chi connectivity index (χ0v) is 12.4. The molecule has 0 spiro atoms. The van der Waals surface area contributed by atoms with Crippen LogP contribution in [0.2, 0.25) is 0 Å². The summed E-state index contributed by atoms with van der Waals surface area (Å²) in [5, 5.41) is 15.0. The molecule has 0 aliphatic rings. The van der Waals surface area contributed by atoms with Gasteiger partial charge in [0.05, 0.1) is 11.3 Å². The van der Waals surface area contributed by atoms with Crippen LogP contribution in [-0.4, -0.2) is 14.9 Å². The van der Waals surface area contributed by atoms with Crippen LogP contribution in [0.4, 0.5) is 4.39 Å². The number of aryl methyl sites for hydroxylation is 1. The quantitative estimate of drug-likeness (QED) is 0.929. The molecule has 2 rings (SSSR count). The molecule has 108 valence electrons. The van der Waals surface area contributed by atoms with E-state index in [1.807, 2.05) is 30.8 Å². The van der Waals surface area contributed by atoms with Gasteiger partial charge in [0.2, 0.25) is 0 Å². The smallest absolute Gasteiger partial charge is 0.126 e. The van der Waals surface area contributed by atoms with Crippen LogP contribution in [0.5, 0.6) is 0 Å². The summed E-state index contributed by atoms with van der Waals surface area (Å²) in [4.78, 5) is 0. The molecule has 0 amide bonds. The predicted octanol–water partition coefficient (Wildman–Crippen LogP) is 3.36. The minimum Gasteiger partial charge on any atom is -0.385 e. The van der Waals surface area contributed by atoms with Crippen molar-refractivity contribution >= 4 is 0 Å². The van der Waals surface area contributed by atoms with Gasteiger partial charge in [0.1, 0.15) is 5.82 Å².